The van der Waals surface area contributed by atoms with Gasteiger partial charge in [0.2, 0.25) is 0 Å². The Morgan fingerprint density at radius 3 is 2.42 bits per heavy atom. The Labute approximate surface area is 76.0 Å². The van der Waals surface area contributed by atoms with Crippen molar-refractivity contribution < 1.29 is 4.21 Å². The highest BCUT2D eigenvalue weighted by molar-refractivity contribution is 8.00. The zero-order valence-corrected chi connectivity index (χ0v) is 9.06. The fourth-order valence-corrected chi connectivity index (χ4v) is 2.74. The molecule has 0 radical (unpaired) electrons. The molecule has 1 aliphatic heterocycles. The first-order valence-corrected chi connectivity index (χ1v) is 6.66. The third kappa shape index (κ3) is 2.23. The van der Waals surface area contributed by atoms with Crippen molar-refractivity contribution in [3.05, 3.63) is 0 Å². The topological polar surface area (TPSA) is 20.3 Å². The van der Waals surface area contributed by atoms with E-state index in [0.717, 1.165) is 19.5 Å². The van der Waals surface area contributed by atoms with Gasteiger partial charge in [-0.25, -0.2) is 0 Å². The predicted octanol–water partition coefficient (Wildman–Crippen LogP) is 0.815. The van der Waals surface area contributed by atoms with Gasteiger partial charge in [0.25, 0.3) is 0 Å². The Morgan fingerprint density at radius 1 is 1.58 bits per heavy atom. The van der Waals surface area contributed by atoms with Crippen LogP contribution in [0.5, 0.6) is 0 Å². The molecule has 1 aliphatic rings. The Hall–Kier alpha value is -0.0200. The van der Waals surface area contributed by atoms with E-state index in [2.05, 4.69) is 24.6 Å². The number of likely N-dealkylation sites (tertiary alicyclic amines) is 1. The molecule has 0 amide bonds. The first-order chi connectivity index (χ1) is 5.41. The molecular weight excluding hydrogens is 170 g/mol. The van der Waals surface area contributed by atoms with E-state index in [9.17, 15) is 4.21 Å². The van der Waals surface area contributed by atoms with Crippen molar-refractivity contribution in [2.24, 2.45) is 0 Å². The summed E-state index contributed by atoms with van der Waals surface area (Å²) in [6.45, 7) is 6.42. The minimum Gasteiger partial charge on any atom is -0.300 e. The molecular formula is C9H19NOS. The summed E-state index contributed by atoms with van der Waals surface area (Å²) in [5.41, 5.74) is 0. The minimum atomic E-state index is -1.81. The molecule has 3 heteroatoms. The second-order valence-corrected chi connectivity index (χ2v) is 6.88. The molecule has 1 fully saturated rings. The van der Waals surface area contributed by atoms with Crippen LogP contribution in [-0.2, 0) is 9.52 Å². The van der Waals surface area contributed by atoms with Crippen LogP contribution < -0.4 is 0 Å². The van der Waals surface area contributed by atoms with Gasteiger partial charge in [-0.2, -0.15) is 0 Å². The molecule has 0 N–H and O–H groups in total. The number of rotatable bonds is 2. The van der Waals surface area contributed by atoms with Crippen molar-refractivity contribution in [2.75, 3.05) is 19.3 Å². The summed E-state index contributed by atoms with van der Waals surface area (Å²) in [5.74, 6) is 3.75. The number of hydrogen-bond acceptors (Lipinski definition) is 2. The maximum Gasteiger partial charge on any atom is 0.0409 e. The Bertz CT molecular complexity index is 243. The van der Waals surface area contributed by atoms with Crippen molar-refractivity contribution in [3.63, 3.8) is 0 Å². The molecule has 0 aromatic heterocycles. The molecule has 0 aromatic rings. The van der Waals surface area contributed by atoms with Crippen molar-refractivity contribution in [3.8, 4) is 0 Å². The largest absolute Gasteiger partial charge is 0.300 e. The average molecular weight is 189 g/mol. The maximum absolute atomic E-state index is 11.6. The van der Waals surface area contributed by atoms with Crippen LogP contribution in [0.2, 0.25) is 0 Å². The summed E-state index contributed by atoms with van der Waals surface area (Å²) in [5, 5.41) is 0.319. The van der Waals surface area contributed by atoms with Gasteiger partial charge in [-0.05, 0) is 42.2 Å². The summed E-state index contributed by atoms with van der Waals surface area (Å²) in [4.78, 5) is 2.37. The van der Waals surface area contributed by atoms with Crippen LogP contribution >= 0.6 is 0 Å². The molecule has 0 saturated carbocycles. The van der Waals surface area contributed by atoms with Gasteiger partial charge >= 0.3 is 0 Å². The fourth-order valence-electron chi connectivity index (χ4n) is 1.63. The quantitative estimate of drug-likeness (QED) is 0.599. The van der Waals surface area contributed by atoms with E-state index in [4.69, 9.17) is 0 Å². The zero-order chi connectivity index (χ0) is 9.35. The van der Waals surface area contributed by atoms with E-state index < -0.39 is 9.52 Å². The fraction of sp³-hybridized carbons (Fsp3) is 0.889. The van der Waals surface area contributed by atoms with Crippen molar-refractivity contribution >= 4 is 15.4 Å². The van der Waals surface area contributed by atoms with Crippen LogP contribution in [0.3, 0.4) is 0 Å². The highest BCUT2D eigenvalue weighted by Gasteiger charge is 2.27. The van der Waals surface area contributed by atoms with Crippen LogP contribution in [0.25, 0.3) is 0 Å². The van der Waals surface area contributed by atoms with Gasteiger partial charge in [-0.15, -0.1) is 0 Å². The Kier molecular flexibility index (Phi) is 2.84. The maximum atomic E-state index is 11.6. The van der Waals surface area contributed by atoms with E-state index in [1.807, 2.05) is 0 Å². The lowest BCUT2D eigenvalue weighted by Crippen LogP contribution is -2.31. The lowest BCUT2D eigenvalue weighted by molar-refractivity contribution is 0.276. The smallest absolute Gasteiger partial charge is 0.0409 e. The number of hydrogen-bond donors (Lipinski definition) is 0. The van der Waals surface area contributed by atoms with Crippen molar-refractivity contribution in [2.45, 2.75) is 31.6 Å². The number of nitrogens with zero attached hydrogens (tertiary/aromatic N) is 1. The third-order valence-corrected chi connectivity index (χ3v) is 4.41. The highest BCUT2D eigenvalue weighted by Crippen LogP contribution is 2.17. The lowest BCUT2D eigenvalue weighted by Gasteiger charge is -2.20. The Balaban J connectivity index is 2.58. The van der Waals surface area contributed by atoms with Gasteiger partial charge in [0.05, 0.1) is 0 Å². The standard InChI is InChI=1S/C9H19NOS/c1-8(2)10-6-5-9(7-10)12(3,4)11/h8-9H,3,5-7H2,1-2,4H3/t9-,12?/m1/s1. The molecule has 0 aliphatic carbocycles. The van der Waals surface area contributed by atoms with Gasteiger partial charge in [-0.1, -0.05) is 0 Å². The van der Waals surface area contributed by atoms with Crippen LogP contribution in [0.4, 0.5) is 0 Å². The van der Waals surface area contributed by atoms with Crippen LogP contribution in [-0.4, -0.2) is 45.6 Å². The molecule has 1 saturated heterocycles. The molecule has 1 rings (SSSR count). The van der Waals surface area contributed by atoms with E-state index in [1.165, 1.54) is 0 Å². The summed E-state index contributed by atoms with van der Waals surface area (Å²) >= 11 is 0. The molecule has 1 unspecified atom stereocenters. The van der Waals surface area contributed by atoms with Gasteiger partial charge < -0.3 is 0 Å². The monoisotopic (exact) mass is 189 g/mol. The SMILES string of the molecule is C=S(C)(=O)[C@@H]1CCN(C(C)C)C1. The molecule has 0 bridgehead atoms. The lowest BCUT2D eigenvalue weighted by atomic mass is 10.3. The molecule has 0 aromatic carbocycles. The van der Waals surface area contributed by atoms with Crippen LogP contribution in [0, 0.1) is 0 Å². The molecule has 12 heavy (non-hydrogen) atoms. The Morgan fingerprint density at radius 2 is 2.17 bits per heavy atom. The summed E-state index contributed by atoms with van der Waals surface area (Å²) < 4.78 is 11.6. The summed E-state index contributed by atoms with van der Waals surface area (Å²) in [6, 6.07) is 0.580. The molecule has 2 nitrogen and oxygen atoms in total. The van der Waals surface area contributed by atoms with E-state index in [0.29, 0.717) is 11.3 Å². The molecule has 1 heterocycles. The normalized spacial score (nSPS) is 30.8. The van der Waals surface area contributed by atoms with E-state index in [1.54, 1.807) is 6.26 Å². The van der Waals surface area contributed by atoms with E-state index >= 15 is 0 Å². The van der Waals surface area contributed by atoms with E-state index in [-0.39, 0.29) is 0 Å². The highest BCUT2D eigenvalue weighted by atomic mass is 32.2. The molecule has 2 atom stereocenters. The van der Waals surface area contributed by atoms with Crippen molar-refractivity contribution in [1.29, 1.82) is 0 Å². The van der Waals surface area contributed by atoms with Gasteiger partial charge in [0.1, 0.15) is 0 Å². The van der Waals surface area contributed by atoms with Crippen molar-refractivity contribution in [1.82, 2.24) is 4.90 Å². The minimum absolute atomic E-state index is 0.319. The summed E-state index contributed by atoms with van der Waals surface area (Å²) in [7, 11) is -1.81. The van der Waals surface area contributed by atoms with Gasteiger partial charge in [-0.3, -0.25) is 9.11 Å². The predicted molar refractivity (Wildman–Crippen MR) is 56.3 cm³/mol. The van der Waals surface area contributed by atoms with Crippen LogP contribution in [0.1, 0.15) is 20.3 Å². The van der Waals surface area contributed by atoms with Gasteiger partial charge in [0.15, 0.2) is 0 Å². The first-order valence-electron chi connectivity index (χ1n) is 4.46. The molecule has 72 valence electrons. The third-order valence-electron chi connectivity index (χ3n) is 2.61. The van der Waals surface area contributed by atoms with Gasteiger partial charge in [0, 0.05) is 24.1 Å². The second-order valence-electron chi connectivity index (χ2n) is 4.07. The molecule has 0 spiro atoms. The van der Waals surface area contributed by atoms with Crippen LogP contribution in [0.15, 0.2) is 0 Å². The second kappa shape index (κ2) is 3.38. The summed E-state index contributed by atoms with van der Waals surface area (Å²) in [6.07, 6.45) is 2.83. The average Bonchev–Trinajstić information content (AvgIpc) is 2.30. The zero-order valence-electron chi connectivity index (χ0n) is 8.25. The first kappa shape index (κ1) is 10.1.